The van der Waals surface area contributed by atoms with E-state index in [-0.39, 0.29) is 0 Å². The highest BCUT2D eigenvalue weighted by molar-refractivity contribution is 5.92. The molecule has 3 heteroatoms. The summed E-state index contributed by atoms with van der Waals surface area (Å²) in [5.74, 6) is 0.762. The van der Waals surface area contributed by atoms with Gasteiger partial charge >= 0.3 is 0 Å². The van der Waals surface area contributed by atoms with Crippen LogP contribution in [0, 0.1) is 0 Å². The standard InChI is InChI=1S/C8H15N2O/c1-10(2,3)6-7-11-8-4-5-9-8/h4-5H,6-7H2,1-3H3/q+1. The molecular weight excluding hydrogens is 140 g/mol. The van der Waals surface area contributed by atoms with Crippen LogP contribution >= 0.6 is 0 Å². The minimum absolute atomic E-state index is 0.743. The van der Waals surface area contributed by atoms with E-state index < -0.39 is 0 Å². The molecule has 0 aliphatic carbocycles. The maximum atomic E-state index is 5.30. The first-order valence-electron chi connectivity index (χ1n) is 3.75. The van der Waals surface area contributed by atoms with Gasteiger partial charge in [-0.25, -0.2) is 4.99 Å². The van der Waals surface area contributed by atoms with Crippen LogP contribution < -0.4 is 0 Å². The Bertz CT molecular complexity index is 189. The van der Waals surface area contributed by atoms with Gasteiger partial charge < -0.3 is 9.22 Å². The van der Waals surface area contributed by atoms with Crippen LogP contribution in [0.2, 0.25) is 0 Å². The molecule has 0 aromatic heterocycles. The summed E-state index contributed by atoms with van der Waals surface area (Å²) in [7, 11) is 6.42. The lowest BCUT2D eigenvalue weighted by Crippen LogP contribution is -2.38. The molecule has 0 fully saturated rings. The van der Waals surface area contributed by atoms with Crippen LogP contribution in [0.3, 0.4) is 0 Å². The van der Waals surface area contributed by atoms with Crippen LogP contribution in [-0.4, -0.2) is 44.7 Å². The van der Waals surface area contributed by atoms with Gasteiger partial charge in [0.05, 0.1) is 21.1 Å². The fraction of sp³-hybridized carbons (Fsp3) is 0.625. The van der Waals surface area contributed by atoms with Crippen LogP contribution in [0.4, 0.5) is 0 Å². The van der Waals surface area contributed by atoms with Crippen molar-refractivity contribution in [3.05, 3.63) is 12.3 Å². The van der Waals surface area contributed by atoms with Crippen molar-refractivity contribution in [3.8, 4) is 0 Å². The zero-order valence-corrected chi connectivity index (χ0v) is 7.37. The van der Waals surface area contributed by atoms with Crippen molar-refractivity contribution in [1.29, 1.82) is 0 Å². The maximum absolute atomic E-state index is 5.30. The van der Waals surface area contributed by atoms with Crippen molar-refractivity contribution in [1.82, 2.24) is 0 Å². The van der Waals surface area contributed by atoms with E-state index in [9.17, 15) is 0 Å². The van der Waals surface area contributed by atoms with Crippen LogP contribution in [0.15, 0.2) is 17.3 Å². The Morgan fingerprint density at radius 1 is 1.45 bits per heavy atom. The molecule has 0 atom stereocenters. The van der Waals surface area contributed by atoms with E-state index in [1.54, 1.807) is 6.20 Å². The lowest BCUT2D eigenvalue weighted by molar-refractivity contribution is -0.870. The van der Waals surface area contributed by atoms with Crippen molar-refractivity contribution in [2.24, 2.45) is 4.99 Å². The van der Waals surface area contributed by atoms with Crippen molar-refractivity contribution in [3.63, 3.8) is 0 Å². The molecule has 1 rings (SSSR count). The van der Waals surface area contributed by atoms with Crippen LogP contribution in [0.5, 0.6) is 0 Å². The SMILES string of the molecule is C[N+](C)(C)CCOC1=NC=C1. The Morgan fingerprint density at radius 2 is 2.09 bits per heavy atom. The second kappa shape index (κ2) is 3.05. The summed E-state index contributed by atoms with van der Waals surface area (Å²) in [5.41, 5.74) is 0. The first kappa shape index (κ1) is 8.27. The Morgan fingerprint density at radius 3 is 2.45 bits per heavy atom. The molecular formula is C8H15N2O+. The summed E-state index contributed by atoms with van der Waals surface area (Å²) in [6.07, 6.45) is 3.61. The number of likely N-dealkylation sites (N-methyl/N-ethyl adjacent to an activating group) is 1. The van der Waals surface area contributed by atoms with Crippen molar-refractivity contribution < 1.29 is 9.22 Å². The van der Waals surface area contributed by atoms with Crippen molar-refractivity contribution >= 4 is 5.90 Å². The average molecular weight is 155 g/mol. The molecule has 0 saturated carbocycles. The quantitative estimate of drug-likeness (QED) is 0.548. The molecule has 1 aliphatic rings. The Balaban J connectivity index is 2.05. The van der Waals surface area contributed by atoms with Crippen LogP contribution in [-0.2, 0) is 4.74 Å². The molecule has 1 heterocycles. The summed E-state index contributed by atoms with van der Waals surface area (Å²) >= 11 is 0. The zero-order chi connectivity index (χ0) is 8.32. The van der Waals surface area contributed by atoms with E-state index in [0.717, 1.165) is 23.5 Å². The monoisotopic (exact) mass is 155 g/mol. The van der Waals surface area contributed by atoms with Crippen LogP contribution in [0.25, 0.3) is 0 Å². The third kappa shape index (κ3) is 3.18. The second-order valence-corrected chi connectivity index (χ2v) is 3.65. The molecule has 0 amide bonds. The molecule has 0 N–H and O–H groups in total. The third-order valence-electron chi connectivity index (χ3n) is 1.43. The van der Waals surface area contributed by atoms with Gasteiger partial charge in [0.2, 0.25) is 5.90 Å². The number of hydrogen-bond donors (Lipinski definition) is 0. The van der Waals surface area contributed by atoms with Gasteiger partial charge in [0, 0.05) is 12.3 Å². The maximum Gasteiger partial charge on any atom is 0.214 e. The first-order valence-corrected chi connectivity index (χ1v) is 3.75. The summed E-state index contributed by atoms with van der Waals surface area (Å²) in [6, 6.07) is 0. The molecule has 0 saturated heterocycles. The number of quaternary nitrogens is 1. The van der Waals surface area contributed by atoms with E-state index in [2.05, 4.69) is 26.1 Å². The van der Waals surface area contributed by atoms with Gasteiger partial charge in [0.25, 0.3) is 0 Å². The summed E-state index contributed by atoms with van der Waals surface area (Å²) in [4.78, 5) is 3.90. The molecule has 11 heavy (non-hydrogen) atoms. The molecule has 0 spiro atoms. The number of hydrogen-bond acceptors (Lipinski definition) is 2. The molecule has 0 aromatic rings. The molecule has 3 nitrogen and oxygen atoms in total. The van der Waals surface area contributed by atoms with Crippen LogP contribution in [0.1, 0.15) is 0 Å². The largest absolute Gasteiger partial charge is 0.472 e. The van der Waals surface area contributed by atoms with Gasteiger partial charge in [-0.2, -0.15) is 0 Å². The predicted octanol–water partition coefficient (Wildman–Crippen LogP) is 0.635. The third-order valence-corrected chi connectivity index (χ3v) is 1.43. The molecule has 0 aromatic carbocycles. The number of nitrogens with zero attached hydrogens (tertiary/aromatic N) is 2. The lowest BCUT2D eigenvalue weighted by atomic mass is 10.5. The van der Waals surface area contributed by atoms with Gasteiger partial charge in [-0.15, -0.1) is 0 Å². The molecule has 0 radical (unpaired) electrons. The lowest BCUT2D eigenvalue weighted by Gasteiger charge is -2.23. The molecule has 62 valence electrons. The average Bonchev–Trinajstić information content (AvgIpc) is 1.73. The number of rotatable bonds is 3. The van der Waals surface area contributed by atoms with E-state index in [4.69, 9.17) is 4.74 Å². The Kier molecular flexibility index (Phi) is 2.29. The minimum atomic E-state index is 0.743. The zero-order valence-electron chi connectivity index (χ0n) is 7.37. The highest BCUT2D eigenvalue weighted by atomic mass is 16.5. The summed E-state index contributed by atoms with van der Waals surface area (Å²) in [6.45, 7) is 1.75. The van der Waals surface area contributed by atoms with Gasteiger partial charge in [-0.3, -0.25) is 0 Å². The second-order valence-electron chi connectivity index (χ2n) is 3.65. The molecule has 0 bridgehead atoms. The van der Waals surface area contributed by atoms with E-state index in [0.29, 0.717) is 0 Å². The highest BCUT2D eigenvalue weighted by Crippen LogP contribution is 1.98. The van der Waals surface area contributed by atoms with Gasteiger partial charge in [-0.05, 0) is 0 Å². The Labute approximate surface area is 67.6 Å². The van der Waals surface area contributed by atoms with Gasteiger partial charge in [-0.1, -0.05) is 0 Å². The Hall–Kier alpha value is -0.830. The molecule has 0 unspecified atom stereocenters. The predicted molar refractivity (Wildman–Crippen MR) is 45.4 cm³/mol. The van der Waals surface area contributed by atoms with Gasteiger partial charge in [0.15, 0.2) is 0 Å². The smallest absolute Gasteiger partial charge is 0.214 e. The van der Waals surface area contributed by atoms with Crippen molar-refractivity contribution in [2.75, 3.05) is 34.3 Å². The normalized spacial score (nSPS) is 15.7. The molecule has 1 aliphatic heterocycles. The first-order chi connectivity index (χ1) is 5.08. The van der Waals surface area contributed by atoms with Crippen molar-refractivity contribution in [2.45, 2.75) is 0 Å². The minimum Gasteiger partial charge on any atom is -0.472 e. The fourth-order valence-corrected chi connectivity index (χ4v) is 0.645. The number of aliphatic imine (C=N–C) groups is 1. The summed E-state index contributed by atoms with van der Waals surface area (Å²) in [5, 5.41) is 0. The highest BCUT2D eigenvalue weighted by Gasteiger charge is 2.08. The summed E-state index contributed by atoms with van der Waals surface area (Å²) < 4.78 is 6.23. The fourth-order valence-electron chi connectivity index (χ4n) is 0.645. The van der Waals surface area contributed by atoms with E-state index in [1.165, 1.54) is 0 Å². The number of ether oxygens (including phenoxy) is 1. The van der Waals surface area contributed by atoms with E-state index in [1.807, 2.05) is 6.08 Å². The van der Waals surface area contributed by atoms with Gasteiger partial charge in [0.1, 0.15) is 13.2 Å². The topological polar surface area (TPSA) is 21.6 Å². The van der Waals surface area contributed by atoms with E-state index >= 15 is 0 Å².